The lowest BCUT2D eigenvalue weighted by Gasteiger charge is -2.12. The van der Waals surface area contributed by atoms with Crippen LogP contribution in [0.5, 0.6) is 0 Å². The zero-order valence-corrected chi connectivity index (χ0v) is 9.46. The van der Waals surface area contributed by atoms with Crippen LogP contribution in [-0.4, -0.2) is 0 Å². The van der Waals surface area contributed by atoms with E-state index in [1.165, 1.54) is 12.1 Å². The molecule has 0 radical (unpaired) electrons. The van der Waals surface area contributed by atoms with Crippen LogP contribution in [-0.2, 0) is 0 Å². The molecule has 2 N–H and O–H groups in total. The Morgan fingerprint density at radius 2 is 2.06 bits per heavy atom. The molecule has 0 aliphatic rings. The summed E-state index contributed by atoms with van der Waals surface area (Å²) >= 11 is 5.67. The van der Waals surface area contributed by atoms with Gasteiger partial charge in [-0.3, -0.25) is 0 Å². The van der Waals surface area contributed by atoms with Crippen molar-refractivity contribution in [1.82, 2.24) is 0 Å². The molecular weight excluding hydrogens is 229 g/mol. The molecule has 2 nitrogen and oxygen atoms in total. The van der Waals surface area contributed by atoms with Crippen molar-refractivity contribution in [2.75, 3.05) is 0 Å². The van der Waals surface area contributed by atoms with Crippen LogP contribution in [0.4, 0.5) is 4.39 Å². The minimum absolute atomic E-state index is 0.277. The Bertz CT molecular complexity index is 509. The van der Waals surface area contributed by atoms with Crippen molar-refractivity contribution in [2.24, 2.45) is 5.73 Å². The van der Waals surface area contributed by atoms with Gasteiger partial charge in [0.15, 0.2) is 5.22 Å². The highest BCUT2D eigenvalue weighted by Gasteiger charge is 2.15. The third-order valence-electron chi connectivity index (χ3n) is 2.48. The van der Waals surface area contributed by atoms with E-state index in [-0.39, 0.29) is 11.0 Å². The summed E-state index contributed by atoms with van der Waals surface area (Å²) < 4.78 is 18.3. The molecule has 84 valence electrons. The number of rotatable bonds is 2. The number of hydrogen-bond acceptors (Lipinski definition) is 2. The Labute approximate surface area is 97.8 Å². The first kappa shape index (κ1) is 11.2. The standard InChI is InChI=1S/C12H11ClFNO/c1-7-2-3-8(14)6-9(7)12(15)10-4-5-11(13)16-10/h2-6,12H,15H2,1H3. The largest absolute Gasteiger partial charge is 0.448 e. The molecule has 0 aliphatic heterocycles. The van der Waals surface area contributed by atoms with E-state index < -0.39 is 6.04 Å². The quantitative estimate of drug-likeness (QED) is 0.872. The maximum Gasteiger partial charge on any atom is 0.193 e. The predicted octanol–water partition coefficient (Wildman–Crippen LogP) is 3.43. The molecule has 1 aromatic carbocycles. The molecule has 1 unspecified atom stereocenters. The molecule has 0 saturated heterocycles. The third kappa shape index (κ3) is 2.10. The molecule has 0 fully saturated rings. The predicted molar refractivity (Wildman–Crippen MR) is 60.9 cm³/mol. The second kappa shape index (κ2) is 4.28. The van der Waals surface area contributed by atoms with Crippen LogP contribution in [0.25, 0.3) is 0 Å². The molecule has 0 aliphatic carbocycles. The highest BCUT2D eigenvalue weighted by atomic mass is 35.5. The molecule has 0 amide bonds. The molecule has 2 aromatic rings. The maximum absolute atomic E-state index is 13.1. The van der Waals surface area contributed by atoms with Crippen molar-refractivity contribution in [3.05, 3.63) is 58.3 Å². The van der Waals surface area contributed by atoms with Crippen molar-refractivity contribution in [1.29, 1.82) is 0 Å². The molecule has 4 heteroatoms. The molecule has 1 aromatic heterocycles. The number of halogens is 2. The normalized spacial score (nSPS) is 12.8. The van der Waals surface area contributed by atoms with Gasteiger partial charge in [0.2, 0.25) is 0 Å². The molecule has 0 saturated carbocycles. The van der Waals surface area contributed by atoms with E-state index in [1.807, 2.05) is 6.92 Å². The molecule has 16 heavy (non-hydrogen) atoms. The van der Waals surface area contributed by atoms with E-state index in [4.69, 9.17) is 21.8 Å². The smallest absolute Gasteiger partial charge is 0.193 e. The lowest BCUT2D eigenvalue weighted by Crippen LogP contribution is -2.12. The maximum atomic E-state index is 13.1. The van der Waals surface area contributed by atoms with Crippen molar-refractivity contribution in [3.63, 3.8) is 0 Å². The fraction of sp³-hybridized carbons (Fsp3) is 0.167. The Morgan fingerprint density at radius 3 is 2.69 bits per heavy atom. The molecule has 2 rings (SSSR count). The van der Waals surface area contributed by atoms with E-state index >= 15 is 0 Å². The number of benzene rings is 1. The second-order valence-corrected chi connectivity index (χ2v) is 3.99. The fourth-order valence-corrected chi connectivity index (χ4v) is 1.75. The van der Waals surface area contributed by atoms with Gasteiger partial charge in [0.05, 0.1) is 6.04 Å². The SMILES string of the molecule is Cc1ccc(F)cc1C(N)c1ccc(Cl)o1. The van der Waals surface area contributed by atoms with Crippen LogP contribution in [0.3, 0.4) is 0 Å². The van der Waals surface area contributed by atoms with Crippen LogP contribution in [0.15, 0.2) is 34.7 Å². The Kier molecular flexibility index (Phi) is 2.99. The summed E-state index contributed by atoms with van der Waals surface area (Å²) in [6, 6.07) is 7.32. The summed E-state index contributed by atoms with van der Waals surface area (Å²) in [6.07, 6.45) is 0. The van der Waals surface area contributed by atoms with Gasteiger partial charge >= 0.3 is 0 Å². The third-order valence-corrected chi connectivity index (χ3v) is 2.68. The van der Waals surface area contributed by atoms with Gasteiger partial charge < -0.3 is 10.2 Å². The van der Waals surface area contributed by atoms with E-state index in [9.17, 15) is 4.39 Å². The van der Waals surface area contributed by atoms with Gasteiger partial charge in [0, 0.05) is 0 Å². The van der Waals surface area contributed by atoms with Gasteiger partial charge in [0.25, 0.3) is 0 Å². The summed E-state index contributed by atoms with van der Waals surface area (Å²) in [7, 11) is 0. The van der Waals surface area contributed by atoms with Gasteiger partial charge in [-0.05, 0) is 53.9 Å². The van der Waals surface area contributed by atoms with Gasteiger partial charge in [-0.15, -0.1) is 0 Å². The van der Waals surface area contributed by atoms with Gasteiger partial charge in [-0.25, -0.2) is 4.39 Å². The summed E-state index contributed by atoms with van der Waals surface area (Å²) in [5.74, 6) is 0.215. The lowest BCUT2D eigenvalue weighted by atomic mass is 10.00. The van der Waals surface area contributed by atoms with Gasteiger partial charge in [-0.1, -0.05) is 6.07 Å². The number of nitrogens with two attached hydrogens (primary N) is 1. The molecule has 0 spiro atoms. The summed E-state index contributed by atoms with van der Waals surface area (Å²) in [5, 5.41) is 0.277. The van der Waals surface area contributed by atoms with E-state index in [0.29, 0.717) is 11.3 Å². The summed E-state index contributed by atoms with van der Waals surface area (Å²) in [5.41, 5.74) is 7.60. The number of aryl methyl sites for hydroxylation is 1. The first-order chi connectivity index (χ1) is 7.58. The number of hydrogen-bond donors (Lipinski definition) is 1. The molecule has 0 bridgehead atoms. The van der Waals surface area contributed by atoms with Crippen LogP contribution in [0, 0.1) is 12.7 Å². The van der Waals surface area contributed by atoms with Crippen molar-refractivity contribution < 1.29 is 8.81 Å². The Morgan fingerprint density at radius 1 is 1.31 bits per heavy atom. The van der Waals surface area contributed by atoms with Crippen molar-refractivity contribution in [3.8, 4) is 0 Å². The topological polar surface area (TPSA) is 39.2 Å². The minimum atomic E-state index is -0.497. The molecule has 1 atom stereocenters. The van der Waals surface area contributed by atoms with Crippen LogP contribution in [0.2, 0.25) is 5.22 Å². The van der Waals surface area contributed by atoms with E-state index in [2.05, 4.69) is 0 Å². The average Bonchev–Trinajstić information content (AvgIpc) is 2.67. The minimum Gasteiger partial charge on any atom is -0.448 e. The highest BCUT2D eigenvalue weighted by Crippen LogP contribution is 2.26. The van der Waals surface area contributed by atoms with Gasteiger partial charge in [-0.2, -0.15) is 0 Å². The molecular formula is C12H11ClFNO. The Hall–Kier alpha value is -1.32. The fourth-order valence-electron chi connectivity index (χ4n) is 1.60. The van der Waals surface area contributed by atoms with Crippen LogP contribution in [0.1, 0.15) is 22.9 Å². The first-order valence-corrected chi connectivity index (χ1v) is 5.22. The highest BCUT2D eigenvalue weighted by molar-refractivity contribution is 6.28. The summed E-state index contributed by atoms with van der Waals surface area (Å²) in [4.78, 5) is 0. The number of furan rings is 1. The van der Waals surface area contributed by atoms with Crippen LogP contribution >= 0.6 is 11.6 Å². The second-order valence-electron chi connectivity index (χ2n) is 3.62. The van der Waals surface area contributed by atoms with Crippen molar-refractivity contribution in [2.45, 2.75) is 13.0 Å². The average molecular weight is 240 g/mol. The van der Waals surface area contributed by atoms with Crippen LogP contribution < -0.4 is 5.73 Å². The van der Waals surface area contributed by atoms with Crippen molar-refractivity contribution >= 4 is 11.6 Å². The Balaban J connectivity index is 2.40. The molecule has 1 heterocycles. The summed E-state index contributed by atoms with van der Waals surface area (Å²) in [6.45, 7) is 1.87. The zero-order valence-electron chi connectivity index (χ0n) is 8.71. The first-order valence-electron chi connectivity index (χ1n) is 4.85. The van der Waals surface area contributed by atoms with E-state index in [1.54, 1.807) is 18.2 Å². The van der Waals surface area contributed by atoms with E-state index in [0.717, 1.165) is 5.56 Å². The lowest BCUT2D eigenvalue weighted by molar-refractivity contribution is 0.490. The monoisotopic (exact) mass is 239 g/mol. The van der Waals surface area contributed by atoms with Gasteiger partial charge in [0.1, 0.15) is 11.6 Å². The zero-order chi connectivity index (χ0) is 11.7.